The van der Waals surface area contributed by atoms with Crippen LogP contribution < -0.4 is 5.32 Å². The van der Waals surface area contributed by atoms with E-state index in [4.69, 9.17) is 9.94 Å². The molecule has 19 heavy (non-hydrogen) atoms. The standard InChI is InChI=1S/C11H8BrFN2O4/c12-6-2-1-5(3-7(6)13)14-10(16)9-4-8(11(17)18)15-19-9/h1-3,9H,4H2,(H,14,16)(H,17,18). The van der Waals surface area contributed by atoms with E-state index in [1.807, 2.05) is 0 Å². The highest BCUT2D eigenvalue weighted by Crippen LogP contribution is 2.20. The van der Waals surface area contributed by atoms with E-state index < -0.39 is 23.8 Å². The van der Waals surface area contributed by atoms with Crippen LogP contribution in [-0.4, -0.2) is 28.8 Å². The summed E-state index contributed by atoms with van der Waals surface area (Å²) in [4.78, 5) is 27.1. The summed E-state index contributed by atoms with van der Waals surface area (Å²) in [6.07, 6.45) is -1.14. The van der Waals surface area contributed by atoms with Gasteiger partial charge in [0.2, 0.25) is 6.10 Å². The summed E-state index contributed by atoms with van der Waals surface area (Å²) in [5.41, 5.74) is 0.0280. The molecule has 1 aliphatic rings. The molecular weight excluding hydrogens is 323 g/mol. The molecule has 1 amide bonds. The molecule has 1 heterocycles. The zero-order chi connectivity index (χ0) is 14.0. The number of hydrogen-bond acceptors (Lipinski definition) is 4. The highest BCUT2D eigenvalue weighted by Gasteiger charge is 2.31. The van der Waals surface area contributed by atoms with E-state index in [1.165, 1.54) is 12.1 Å². The van der Waals surface area contributed by atoms with Gasteiger partial charge in [0.05, 0.1) is 4.47 Å². The minimum Gasteiger partial charge on any atom is -0.477 e. The molecule has 2 rings (SSSR count). The summed E-state index contributed by atoms with van der Waals surface area (Å²) in [5.74, 6) is -2.33. The summed E-state index contributed by atoms with van der Waals surface area (Å²) in [6, 6.07) is 4.08. The van der Waals surface area contributed by atoms with Crippen molar-refractivity contribution in [2.24, 2.45) is 5.16 Å². The number of nitrogens with one attached hydrogen (secondary N) is 1. The minimum atomic E-state index is -1.23. The Bertz CT molecular complexity index is 576. The van der Waals surface area contributed by atoms with Gasteiger partial charge < -0.3 is 15.3 Å². The number of halogens is 2. The van der Waals surface area contributed by atoms with Crippen LogP contribution in [0, 0.1) is 5.82 Å². The molecule has 0 bridgehead atoms. The van der Waals surface area contributed by atoms with E-state index >= 15 is 0 Å². The number of oxime groups is 1. The van der Waals surface area contributed by atoms with Gasteiger partial charge in [-0.2, -0.15) is 0 Å². The van der Waals surface area contributed by atoms with Crippen LogP contribution in [0.2, 0.25) is 0 Å². The third-order valence-corrected chi connectivity index (χ3v) is 3.04. The first-order valence-corrected chi connectivity index (χ1v) is 5.98. The fourth-order valence-electron chi connectivity index (χ4n) is 1.44. The number of anilines is 1. The van der Waals surface area contributed by atoms with Crippen LogP contribution in [0.3, 0.4) is 0 Å². The topological polar surface area (TPSA) is 88.0 Å². The molecule has 0 aliphatic carbocycles. The number of amides is 1. The van der Waals surface area contributed by atoms with E-state index in [1.54, 1.807) is 0 Å². The van der Waals surface area contributed by atoms with E-state index in [9.17, 15) is 14.0 Å². The molecule has 2 N–H and O–H groups in total. The van der Waals surface area contributed by atoms with Gasteiger partial charge in [0.15, 0.2) is 5.71 Å². The van der Waals surface area contributed by atoms with Crippen LogP contribution in [0.25, 0.3) is 0 Å². The van der Waals surface area contributed by atoms with Gasteiger partial charge in [-0.05, 0) is 34.1 Å². The number of aliphatic carboxylic acids is 1. The number of carbonyl (C=O) groups is 2. The summed E-state index contributed by atoms with van der Waals surface area (Å²) in [7, 11) is 0. The Morgan fingerprint density at radius 2 is 2.26 bits per heavy atom. The summed E-state index contributed by atoms with van der Waals surface area (Å²) in [5, 5.41) is 14.4. The largest absolute Gasteiger partial charge is 0.477 e. The Labute approximate surface area is 115 Å². The smallest absolute Gasteiger partial charge is 0.353 e. The lowest BCUT2D eigenvalue weighted by atomic mass is 10.1. The van der Waals surface area contributed by atoms with E-state index in [0.717, 1.165) is 6.07 Å². The van der Waals surface area contributed by atoms with Gasteiger partial charge >= 0.3 is 5.97 Å². The van der Waals surface area contributed by atoms with Crippen LogP contribution >= 0.6 is 15.9 Å². The van der Waals surface area contributed by atoms with E-state index in [0.29, 0.717) is 0 Å². The van der Waals surface area contributed by atoms with Gasteiger partial charge in [-0.25, -0.2) is 9.18 Å². The minimum absolute atomic E-state index is 0.125. The molecule has 8 heteroatoms. The maximum Gasteiger partial charge on any atom is 0.353 e. The number of hydrogen-bond donors (Lipinski definition) is 2. The molecule has 1 aromatic carbocycles. The van der Waals surface area contributed by atoms with Crippen LogP contribution in [0.15, 0.2) is 27.8 Å². The normalized spacial score (nSPS) is 17.6. The van der Waals surface area contributed by atoms with Crippen molar-refractivity contribution in [2.45, 2.75) is 12.5 Å². The predicted molar refractivity (Wildman–Crippen MR) is 67.3 cm³/mol. The number of benzene rings is 1. The highest BCUT2D eigenvalue weighted by atomic mass is 79.9. The van der Waals surface area contributed by atoms with Crippen molar-refractivity contribution in [1.82, 2.24) is 0 Å². The van der Waals surface area contributed by atoms with E-state index in [2.05, 4.69) is 26.4 Å². The lowest BCUT2D eigenvalue weighted by molar-refractivity contribution is -0.129. The van der Waals surface area contributed by atoms with Crippen molar-refractivity contribution in [3.63, 3.8) is 0 Å². The Kier molecular flexibility index (Phi) is 3.79. The molecule has 0 fully saturated rings. The van der Waals surface area contributed by atoms with Gasteiger partial charge in [-0.3, -0.25) is 4.79 Å². The predicted octanol–water partition coefficient (Wildman–Crippen LogP) is 1.76. The molecule has 0 spiro atoms. The number of carboxylic acid groups (broad SMARTS) is 1. The molecule has 1 aliphatic heterocycles. The highest BCUT2D eigenvalue weighted by molar-refractivity contribution is 9.10. The first kappa shape index (κ1) is 13.5. The molecular formula is C11H8BrFN2O4. The Morgan fingerprint density at radius 3 is 2.84 bits per heavy atom. The first-order chi connectivity index (χ1) is 8.97. The van der Waals surface area contributed by atoms with Gasteiger partial charge in [0.1, 0.15) is 5.82 Å². The molecule has 6 nitrogen and oxygen atoms in total. The average Bonchev–Trinajstić information content (AvgIpc) is 2.83. The molecule has 0 radical (unpaired) electrons. The van der Waals surface area contributed by atoms with Crippen LogP contribution in [0.4, 0.5) is 10.1 Å². The Morgan fingerprint density at radius 1 is 1.53 bits per heavy atom. The molecule has 0 saturated carbocycles. The Balaban J connectivity index is 1.99. The molecule has 1 unspecified atom stereocenters. The SMILES string of the molecule is O=C(O)C1=NOC(C(=O)Nc2ccc(Br)c(F)c2)C1. The Hall–Kier alpha value is -1.96. The van der Waals surface area contributed by atoms with Crippen LogP contribution in [0.1, 0.15) is 6.42 Å². The third kappa shape index (κ3) is 3.08. The number of nitrogens with zero attached hydrogens (tertiary/aromatic N) is 1. The molecule has 1 aromatic rings. The second-order valence-corrected chi connectivity index (χ2v) is 4.61. The fourth-order valence-corrected chi connectivity index (χ4v) is 1.69. The van der Waals surface area contributed by atoms with E-state index in [-0.39, 0.29) is 22.3 Å². The average molecular weight is 331 g/mol. The van der Waals surface area contributed by atoms with Crippen molar-refractivity contribution in [1.29, 1.82) is 0 Å². The van der Waals surface area contributed by atoms with Gasteiger partial charge in [-0.1, -0.05) is 5.16 Å². The molecule has 0 saturated heterocycles. The zero-order valence-corrected chi connectivity index (χ0v) is 11.0. The van der Waals surface area contributed by atoms with Crippen molar-refractivity contribution in [2.75, 3.05) is 5.32 Å². The monoisotopic (exact) mass is 330 g/mol. The second kappa shape index (κ2) is 5.35. The van der Waals surface area contributed by atoms with Gasteiger partial charge in [0, 0.05) is 12.1 Å². The van der Waals surface area contributed by atoms with Crippen molar-refractivity contribution >= 4 is 39.2 Å². The van der Waals surface area contributed by atoms with Crippen molar-refractivity contribution in [3.8, 4) is 0 Å². The van der Waals surface area contributed by atoms with Crippen molar-refractivity contribution < 1.29 is 23.9 Å². The zero-order valence-electron chi connectivity index (χ0n) is 9.39. The lowest BCUT2D eigenvalue weighted by Gasteiger charge is -2.09. The second-order valence-electron chi connectivity index (χ2n) is 3.76. The van der Waals surface area contributed by atoms with Crippen LogP contribution in [0.5, 0.6) is 0 Å². The van der Waals surface area contributed by atoms with Crippen LogP contribution in [-0.2, 0) is 14.4 Å². The lowest BCUT2D eigenvalue weighted by Crippen LogP contribution is -2.28. The summed E-state index contributed by atoms with van der Waals surface area (Å²) < 4.78 is 13.5. The number of rotatable bonds is 3. The number of carbonyl (C=O) groups excluding carboxylic acids is 1. The van der Waals surface area contributed by atoms with Crippen molar-refractivity contribution in [3.05, 3.63) is 28.5 Å². The maximum atomic E-state index is 13.2. The third-order valence-electron chi connectivity index (χ3n) is 2.40. The summed E-state index contributed by atoms with van der Waals surface area (Å²) >= 11 is 2.99. The quantitative estimate of drug-likeness (QED) is 0.883. The fraction of sp³-hybridized carbons (Fsp3) is 0.182. The van der Waals surface area contributed by atoms with Gasteiger partial charge in [-0.15, -0.1) is 0 Å². The summed E-state index contributed by atoms with van der Waals surface area (Å²) in [6.45, 7) is 0. The first-order valence-electron chi connectivity index (χ1n) is 5.19. The molecule has 1 atom stereocenters. The molecule has 100 valence electrons. The number of carboxylic acids is 1. The molecule has 0 aromatic heterocycles. The van der Waals surface area contributed by atoms with Gasteiger partial charge in [0.25, 0.3) is 5.91 Å². The maximum absolute atomic E-state index is 13.2.